The molecule has 0 bridgehead atoms. The lowest BCUT2D eigenvalue weighted by atomic mass is 10.1. The summed E-state index contributed by atoms with van der Waals surface area (Å²) < 4.78 is 12.1. The third-order valence-corrected chi connectivity index (χ3v) is 4.41. The molecule has 1 aromatic carbocycles. The van der Waals surface area contributed by atoms with Gasteiger partial charge < -0.3 is 5.73 Å². The minimum atomic E-state index is -0.978. The lowest BCUT2D eigenvalue weighted by Gasteiger charge is -2.15. The summed E-state index contributed by atoms with van der Waals surface area (Å²) in [4.78, 5) is 0.888. The summed E-state index contributed by atoms with van der Waals surface area (Å²) in [6.45, 7) is 8.21. The molecular formula is C13H21NOS. The van der Waals surface area contributed by atoms with Gasteiger partial charge >= 0.3 is 0 Å². The highest BCUT2D eigenvalue weighted by Gasteiger charge is 2.13. The average Bonchev–Trinajstić information content (AvgIpc) is 2.21. The van der Waals surface area contributed by atoms with Crippen LogP contribution in [0.4, 0.5) is 0 Å². The molecule has 2 nitrogen and oxygen atoms in total. The molecule has 16 heavy (non-hydrogen) atoms. The fraction of sp³-hybridized carbons (Fsp3) is 0.538. The molecule has 1 rings (SSSR count). The van der Waals surface area contributed by atoms with Gasteiger partial charge in [-0.25, -0.2) is 0 Å². The van der Waals surface area contributed by atoms with E-state index in [-0.39, 0.29) is 6.04 Å². The number of hydrogen-bond acceptors (Lipinski definition) is 2. The first-order chi connectivity index (χ1) is 7.41. The summed E-state index contributed by atoms with van der Waals surface area (Å²) in [6.07, 6.45) is 0. The number of hydrogen-bond donors (Lipinski definition) is 1. The van der Waals surface area contributed by atoms with Crippen LogP contribution in [0.1, 0.15) is 25.0 Å². The van der Waals surface area contributed by atoms with Crippen molar-refractivity contribution in [2.75, 3.05) is 5.75 Å². The quantitative estimate of drug-likeness (QED) is 0.876. The standard InChI is InChI=1S/C13H21NOS/c1-9(2)13(14)8-16(15)12-6-5-10(3)11(4)7-12/h5-7,9,13H,8,14H2,1-4H3. The van der Waals surface area contributed by atoms with Crippen molar-refractivity contribution in [3.63, 3.8) is 0 Å². The fourth-order valence-electron chi connectivity index (χ4n) is 1.32. The van der Waals surface area contributed by atoms with Crippen molar-refractivity contribution < 1.29 is 4.21 Å². The summed E-state index contributed by atoms with van der Waals surface area (Å²) >= 11 is 0. The number of benzene rings is 1. The second-order valence-electron chi connectivity index (χ2n) is 4.67. The maximum absolute atomic E-state index is 12.1. The largest absolute Gasteiger partial charge is 0.327 e. The van der Waals surface area contributed by atoms with Crippen LogP contribution in [0, 0.1) is 19.8 Å². The first-order valence-electron chi connectivity index (χ1n) is 5.63. The third-order valence-electron chi connectivity index (χ3n) is 2.94. The van der Waals surface area contributed by atoms with E-state index >= 15 is 0 Å². The van der Waals surface area contributed by atoms with Crippen LogP contribution in [-0.4, -0.2) is 16.0 Å². The first kappa shape index (κ1) is 13.4. The molecule has 0 amide bonds. The molecule has 2 unspecified atom stereocenters. The normalized spacial score (nSPS) is 15.1. The van der Waals surface area contributed by atoms with E-state index in [1.165, 1.54) is 11.1 Å². The molecule has 0 aliphatic carbocycles. The van der Waals surface area contributed by atoms with Crippen molar-refractivity contribution in [1.82, 2.24) is 0 Å². The lowest BCUT2D eigenvalue weighted by molar-refractivity contribution is 0.530. The molecule has 0 spiro atoms. The van der Waals surface area contributed by atoms with Gasteiger partial charge in [-0.15, -0.1) is 0 Å². The highest BCUT2D eigenvalue weighted by molar-refractivity contribution is 7.85. The zero-order chi connectivity index (χ0) is 12.3. The van der Waals surface area contributed by atoms with Crippen LogP contribution in [0.2, 0.25) is 0 Å². The highest BCUT2D eigenvalue weighted by atomic mass is 32.2. The first-order valence-corrected chi connectivity index (χ1v) is 6.95. The van der Waals surface area contributed by atoms with Crippen LogP contribution in [-0.2, 0) is 10.8 Å². The van der Waals surface area contributed by atoms with Crippen LogP contribution in [0.25, 0.3) is 0 Å². The van der Waals surface area contributed by atoms with Gasteiger partial charge in [-0.1, -0.05) is 19.9 Å². The molecule has 0 aliphatic rings. The molecule has 2 N–H and O–H groups in total. The van der Waals surface area contributed by atoms with Gasteiger partial charge in [0.15, 0.2) is 0 Å². The summed E-state index contributed by atoms with van der Waals surface area (Å²) in [7, 11) is -0.978. The predicted octanol–water partition coefficient (Wildman–Crippen LogP) is 2.39. The van der Waals surface area contributed by atoms with Gasteiger partial charge in [-0.05, 0) is 43.0 Å². The van der Waals surface area contributed by atoms with Gasteiger partial charge in [-0.3, -0.25) is 4.21 Å². The number of nitrogens with two attached hydrogens (primary N) is 1. The summed E-state index contributed by atoms with van der Waals surface area (Å²) in [5, 5.41) is 0. The number of rotatable bonds is 4. The Hall–Kier alpha value is -0.670. The van der Waals surface area contributed by atoms with Gasteiger partial charge in [0, 0.05) is 16.7 Å². The van der Waals surface area contributed by atoms with Crippen LogP contribution in [0.3, 0.4) is 0 Å². The Bertz CT molecular complexity index is 388. The van der Waals surface area contributed by atoms with Gasteiger partial charge in [0.2, 0.25) is 0 Å². The predicted molar refractivity (Wildman–Crippen MR) is 70.0 cm³/mol. The summed E-state index contributed by atoms with van der Waals surface area (Å²) in [6, 6.07) is 5.95. The Morgan fingerprint density at radius 2 is 1.88 bits per heavy atom. The molecule has 0 aliphatic heterocycles. The lowest BCUT2D eigenvalue weighted by Crippen LogP contribution is -2.32. The smallest absolute Gasteiger partial charge is 0.0545 e. The number of aryl methyl sites for hydroxylation is 2. The Kier molecular flexibility index (Phi) is 4.69. The molecule has 0 fully saturated rings. The molecule has 0 aromatic heterocycles. The van der Waals surface area contributed by atoms with Crippen molar-refractivity contribution in [3.8, 4) is 0 Å². The Labute approximate surface area is 101 Å². The molecule has 0 radical (unpaired) electrons. The highest BCUT2D eigenvalue weighted by Crippen LogP contribution is 2.14. The Balaban J connectivity index is 2.77. The van der Waals surface area contributed by atoms with Crippen molar-refractivity contribution in [3.05, 3.63) is 29.3 Å². The SMILES string of the molecule is Cc1ccc(S(=O)CC(N)C(C)C)cc1C. The van der Waals surface area contributed by atoms with Crippen LogP contribution < -0.4 is 5.73 Å². The molecular weight excluding hydrogens is 218 g/mol. The monoisotopic (exact) mass is 239 g/mol. The minimum absolute atomic E-state index is 0.00226. The van der Waals surface area contributed by atoms with E-state index in [0.717, 1.165) is 4.90 Å². The van der Waals surface area contributed by atoms with E-state index < -0.39 is 10.8 Å². The Morgan fingerprint density at radius 1 is 1.25 bits per heavy atom. The molecule has 90 valence electrons. The molecule has 3 heteroatoms. The van der Waals surface area contributed by atoms with E-state index in [2.05, 4.69) is 20.8 Å². The van der Waals surface area contributed by atoms with E-state index in [9.17, 15) is 4.21 Å². The van der Waals surface area contributed by atoms with E-state index in [4.69, 9.17) is 5.73 Å². The van der Waals surface area contributed by atoms with Crippen LogP contribution >= 0.6 is 0 Å². The molecule has 2 atom stereocenters. The topological polar surface area (TPSA) is 43.1 Å². The zero-order valence-electron chi connectivity index (χ0n) is 10.5. The van der Waals surface area contributed by atoms with E-state index in [0.29, 0.717) is 11.7 Å². The van der Waals surface area contributed by atoms with Crippen molar-refractivity contribution in [1.29, 1.82) is 0 Å². The summed E-state index contributed by atoms with van der Waals surface area (Å²) in [5.74, 6) is 0.913. The van der Waals surface area contributed by atoms with Gasteiger partial charge in [-0.2, -0.15) is 0 Å². The van der Waals surface area contributed by atoms with E-state index in [1.807, 2.05) is 25.1 Å². The van der Waals surface area contributed by atoms with Gasteiger partial charge in [0.1, 0.15) is 0 Å². The van der Waals surface area contributed by atoms with Gasteiger partial charge in [0.25, 0.3) is 0 Å². The average molecular weight is 239 g/mol. The summed E-state index contributed by atoms with van der Waals surface area (Å²) in [5.41, 5.74) is 8.34. The second-order valence-corrected chi connectivity index (χ2v) is 6.16. The minimum Gasteiger partial charge on any atom is -0.327 e. The van der Waals surface area contributed by atoms with Crippen molar-refractivity contribution >= 4 is 10.8 Å². The van der Waals surface area contributed by atoms with E-state index in [1.54, 1.807) is 0 Å². The molecule has 0 saturated heterocycles. The molecule has 0 saturated carbocycles. The Morgan fingerprint density at radius 3 is 2.38 bits per heavy atom. The van der Waals surface area contributed by atoms with Crippen molar-refractivity contribution in [2.45, 2.75) is 38.6 Å². The zero-order valence-corrected chi connectivity index (χ0v) is 11.3. The van der Waals surface area contributed by atoms with Gasteiger partial charge in [0.05, 0.1) is 10.8 Å². The molecule has 0 heterocycles. The molecule has 1 aromatic rings. The maximum Gasteiger partial charge on any atom is 0.0545 e. The fourth-order valence-corrected chi connectivity index (χ4v) is 2.77. The van der Waals surface area contributed by atoms with Crippen LogP contribution in [0.15, 0.2) is 23.1 Å². The second kappa shape index (κ2) is 5.60. The maximum atomic E-state index is 12.1. The van der Waals surface area contributed by atoms with Crippen molar-refractivity contribution in [2.24, 2.45) is 11.7 Å². The third kappa shape index (κ3) is 3.42. The van der Waals surface area contributed by atoms with Crippen LogP contribution in [0.5, 0.6) is 0 Å².